The molecule has 0 aliphatic carbocycles. The van der Waals surface area contributed by atoms with Crippen LogP contribution >= 0.6 is 12.2 Å². The molecular formula is C15H15N3O2S. The summed E-state index contributed by atoms with van der Waals surface area (Å²) in [4.78, 5) is 16.3. The van der Waals surface area contributed by atoms with Crippen molar-refractivity contribution in [1.29, 1.82) is 0 Å². The number of nitrogens with zero attached hydrogens (tertiary/aromatic N) is 3. The molecule has 6 heteroatoms. The molecular weight excluding hydrogens is 286 g/mol. The number of rotatable bonds is 3. The van der Waals surface area contributed by atoms with Crippen molar-refractivity contribution in [2.45, 2.75) is 0 Å². The smallest absolute Gasteiger partial charge is 0.265 e. The molecule has 0 atom stereocenters. The van der Waals surface area contributed by atoms with Gasteiger partial charge in [0.05, 0.1) is 5.69 Å². The van der Waals surface area contributed by atoms with Crippen molar-refractivity contribution < 1.29 is 5.11 Å². The Bertz CT molecular complexity index is 817. The standard InChI is InChI=1S/C15H15N3O2S/c1-17-13(19)12(14(20)18(2)15(17)21)9-6-10-16-11-7-4-3-5-8-11/h3-10,19H,1-2H3/b9-6+,16-10?. The number of aromatic hydroxyl groups is 1. The van der Waals surface area contributed by atoms with E-state index in [0.717, 1.165) is 5.69 Å². The summed E-state index contributed by atoms with van der Waals surface area (Å²) in [5.41, 5.74) is 0.638. The molecule has 0 aliphatic heterocycles. The van der Waals surface area contributed by atoms with E-state index in [4.69, 9.17) is 12.2 Å². The van der Waals surface area contributed by atoms with Gasteiger partial charge in [0.25, 0.3) is 5.56 Å². The summed E-state index contributed by atoms with van der Waals surface area (Å²) in [6, 6.07) is 9.42. The summed E-state index contributed by atoms with van der Waals surface area (Å²) in [7, 11) is 3.17. The second-order valence-electron chi connectivity index (χ2n) is 4.42. The minimum absolute atomic E-state index is 0.160. The SMILES string of the molecule is Cn1c(O)c(/C=C/C=Nc2ccccc2)c(=O)n(C)c1=S. The van der Waals surface area contributed by atoms with Gasteiger partial charge >= 0.3 is 0 Å². The van der Waals surface area contributed by atoms with Crippen LogP contribution in [0.25, 0.3) is 6.08 Å². The van der Waals surface area contributed by atoms with Gasteiger partial charge in [-0.1, -0.05) is 18.2 Å². The Kier molecular flexibility index (Phi) is 4.49. The summed E-state index contributed by atoms with van der Waals surface area (Å²) in [5.74, 6) is -0.160. The van der Waals surface area contributed by atoms with E-state index in [1.165, 1.54) is 15.2 Å². The van der Waals surface area contributed by atoms with Gasteiger partial charge in [0, 0.05) is 20.3 Å². The number of hydrogen-bond donors (Lipinski definition) is 1. The predicted molar refractivity (Wildman–Crippen MR) is 86.8 cm³/mol. The van der Waals surface area contributed by atoms with Crippen molar-refractivity contribution in [3.05, 3.63) is 57.1 Å². The highest BCUT2D eigenvalue weighted by atomic mass is 32.1. The van der Waals surface area contributed by atoms with Gasteiger partial charge in [0.2, 0.25) is 5.88 Å². The zero-order chi connectivity index (χ0) is 15.4. The normalized spacial score (nSPS) is 11.5. The Morgan fingerprint density at radius 2 is 1.86 bits per heavy atom. The third-order valence-electron chi connectivity index (χ3n) is 3.00. The van der Waals surface area contributed by atoms with Crippen molar-refractivity contribution >= 4 is 30.2 Å². The van der Waals surface area contributed by atoms with E-state index < -0.39 is 0 Å². The molecule has 21 heavy (non-hydrogen) atoms. The fourth-order valence-corrected chi connectivity index (χ4v) is 1.96. The summed E-state index contributed by atoms with van der Waals surface area (Å²) in [6.45, 7) is 0. The fraction of sp³-hybridized carbons (Fsp3) is 0.133. The number of para-hydroxylation sites is 1. The minimum atomic E-state index is -0.347. The van der Waals surface area contributed by atoms with Crippen LogP contribution in [0.2, 0.25) is 0 Å². The Hall–Kier alpha value is -2.47. The molecule has 0 saturated heterocycles. The summed E-state index contributed by atoms with van der Waals surface area (Å²) in [6.07, 6.45) is 4.68. The van der Waals surface area contributed by atoms with E-state index in [1.807, 2.05) is 30.3 Å². The first-order valence-electron chi connectivity index (χ1n) is 6.27. The number of aromatic nitrogens is 2. The van der Waals surface area contributed by atoms with Crippen molar-refractivity contribution in [2.75, 3.05) is 0 Å². The van der Waals surface area contributed by atoms with Crippen LogP contribution in [-0.2, 0) is 14.1 Å². The highest BCUT2D eigenvalue weighted by molar-refractivity contribution is 7.71. The van der Waals surface area contributed by atoms with Gasteiger partial charge in [-0.25, -0.2) is 0 Å². The fourth-order valence-electron chi connectivity index (χ4n) is 1.79. The van der Waals surface area contributed by atoms with Gasteiger partial charge in [-0.2, -0.15) is 0 Å². The first-order valence-corrected chi connectivity index (χ1v) is 6.68. The Morgan fingerprint density at radius 1 is 1.19 bits per heavy atom. The molecule has 1 N–H and O–H groups in total. The zero-order valence-electron chi connectivity index (χ0n) is 11.7. The Morgan fingerprint density at radius 3 is 2.52 bits per heavy atom. The minimum Gasteiger partial charge on any atom is -0.494 e. The quantitative estimate of drug-likeness (QED) is 0.700. The number of hydrogen-bond acceptors (Lipinski definition) is 4. The lowest BCUT2D eigenvalue weighted by Crippen LogP contribution is -2.23. The van der Waals surface area contributed by atoms with Crippen LogP contribution in [0.3, 0.4) is 0 Å². The molecule has 0 saturated carbocycles. The molecule has 0 radical (unpaired) electrons. The Labute approximate surface area is 127 Å². The van der Waals surface area contributed by atoms with Crippen LogP contribution in [-0.4, -0.2) is 20.5 Å². The molecule has 2 rings (SSSR count). The van der Waals surface area contributed by atoms with Gasteiger partial charge in [-0.05, 0) is 36.5 Å². The highest BCUT2D eigenvalue weighted by Gasteiger charge is 2.09. The molecule has 1 aromatic heterocycles. The Balaban J connectivity index is 2.33. The van der Waals surface area contributed by atoms with Crippen LogP contribution in [0.4, 0.5) is 5.69 Å². The molecule has 0 fully saturated rings. The molecule has 0 bridgehead atoms. The third kappa shape index (κ3) is 3.17. The molecule has 1 aromatic carbocycles. The van der Waals surface area contributed by atoms with Crippen LogP contribution in [0.15, 0.2) is 46.2 Å². The zero-order valence-corrected chi connectivity index (χ0v) is 12.5. The number of allylic oxidation sites excluding steroid dienone is 1. The van der Waals surface area contributed by atoms with E-state index in [1.54, 1.807) is 26.4 Å². The van der Waals surface area contributed by atoms with Gasteiger partial charge < -0.3 is 5.11 Å². The molecule has 0 aliphatic rings. The topological polar surface area (TPSA) is 59.5 Å². The molecule has 0 spiro atoms. The third-order valence-corrected chi connectivity index (χ3v) is 3.54. The second kappa shape index (κ2) is 6.32. The van der Waals surface area contributed by atoms with E-state index in [9.17, 15) is 9.90 Å². The van der Waals surface area contributed by atoms with Crippen molar-refractivity contribution in [2.24, 2.45) is 19.1 Å². The van der Waals surface area contributed by atoms with Gasteiger partial charge in [-0.3, -0.25) is 18.9 Å². The van der Waals surface area contributed by atoms with Crippen LogP contribution in [0, 0.1) is 4.77 Å². The summed E-state index contributed by atoms with van der Waals surface area (Å²) >= 11 is 5.04. The molecule has 0 amide bonds. The number of benzene rings is 1. The van der Waals surface area contributed by atoms with Gasteiger partial charge in [-0.15, -0.1) is 0 Å². The van der Waals surface area contributed by atoms with Crippen molar-refractivity contribution in [3.8, 4) is 5.88 Å². The number of aliphatic imine (C=N–C) groups is 1. The van der Waals surface area contributed by atoms with E-state index in [2.05, 4.69) is 4.99 Å². The second-order valence-corrected chi connectivity index (χ2v) is 4.78. The summed E-state index contributed by atoms with van der Waals surface area (Å²) < 4.78 is 2.95. The van der Waals surface area contributed by atoms with Crippen molar-refractivity contribution in [3.63, 3.8) is 0 Å². The monoisotopic (exact) mass is 301 g/mol. The maximum absolute atomic E-state index is 12.1. The van der Waals surface area contributed by atoms with E-state index in [-0.39, 0.29) is 21.8 Å². The molecule has 0 unspecified atom stereocenters. The van der Waals surface area contributed by atoms with Gasteiger partial charge in [0.1, 0.15) is 5.56 Å². The average Bonchev–Trinajstić information content (AvgIpc) is 2.51. The molecule has 2 aromatic rings. The predicted octanol–water partition coefficient (Wildman–Crippen LogP) is 2.57. The van der Waals surface area contributed by atoms with E-state index >= 15 is 0 Å². The summed E-state index contributed by atoms with van der Waals surface area (Å²) in [5, 5.41) is 9.99. The van der Waals surface area contributed by atoms with Crippen LogP contribution in [0.5, 0.6) is 5.88 Å². The highest BCUT2D eigenvalue weighted by Crippen LogP contribution is 2.13. The first kappa shape index (κ1) is 14.9. The lowest BCUT2D eigenvalue weighted by Gasteiger charge is -2.09. The molecule has 108 valence electrons. The maximum atomic E-state index is 12.1. The first-order chi connectivity index (χ1) is 10.0. The van der Waals surface area contributed by atoms with Gasteiger partial charge in [0.15, 0.2) is 4.77 Å². The molecule has 1 heterocycles. The lowest BCUT2D eigenvalue weighted by molar-refractivity contribution is 0.414. The van der Waals surface area contributed by atoms with E-state index in [0.29, 0.717) is 0 Å². The largest absolute Gasteiger partial charge is 0.494 e. The van der Waals surface area contributed by atoms with Crippen LogP contribution < -0.4 is 5.56 Å². The average molecular weight is 301 g/mol. The maximum Gasteiger partial charge on any atom is 0.265 e. The van der Waals surface area contributed by atoms with Crippen LogP contribution in [0.1, 0.15) is 5.56 Å². The molecule has 5 nitrogen and oxygen atoms in total. The van der Waals surface area contributed by atoms with Crippen molar-refractivity contribution in [1.82, 2.24) is 9.13 Å². The lowest BCUT2D eigenvalue weighted by atomic mass is 10.3.